The first-order valence-corrected chi connectivity index (χ1v) is 10.2. The van der Waals surface area contributed by atoms with Crippen molar-refractivity contribution in [3.8, 4) is 5.69 Å². The fourth-order valence-electron chi connectivity index (χ4n) is 3.91. The summed E-state index contributed by atoms with van der Waals surface area (Å²) in [5.74, 6) is 2.15. The maximum atomic E-state index is 12.6. The number of hydrogen-bond donors (Lipinski definition) is 1. The average molecular weight is 405 g/mol. The molecule has 4 heterocycles. The third-order valence-corrected chi connectivity index (χ3v) is 5.45. The van der Waals surface area contributed by atoms with Gasteiger partial charge in [-0.3, -0.25) is 9.69 Å². The molecule has 1 aromatic carbocycles. The summed E-state index contributed by atoms with van der Waals surface area (Å²) in [6.07, 6.45) is 3.54. The fraction of sp³-hybridized carbons (Fsp3) is 0.381. The van der Waals surface area contributed by atoms with Crippen molar-refractivity contribution in [1.82, 2.24) is 34.8 Å². The van der Waals surface area contributed by atoms with E-state index in [1.165, 1.54) is 0 Å². The van der Waals surface area contributed by atoms with Crippen LogP contribution in [0.1, 0.15) is 56.2 Å². The van der Waals surface area contributed by atoms with Crippen molar-refractivity contribution in [2.24, 2.45) is 0 Å². The van der Waals surface area contributed by atoms with E-state index in [1.807, 2.05) is 44.2 Å². The molecule has 1 atom stereocenters. The zero-order valence-electron chi connectivity index (χ0n) is 16.9. The van der Waals surface area contributed by atoms with Crippen molar-refractivity contribution >= 4 is 11.0 Å². The number of benzene rings is 1. The molecule has 154 valence electrons. The second-order valence-corrected chi connectivity index (χ2v) is 7.92. The van der Waals surface area contributed by atoms with E-state index in [4.69, 9.17) is 9.51 Å². The lowest BCUT2D eigenvalue weighted by atomic mass is 10.2. The highest BCUT2D eigenvalue weighted by atomic mass is 16.5. The Labute approximate surface area is 172 Å². The third-order valence-electron chi connectivity index (χ3n) is 5.45. The fourth-order valence-corrected chi connectivity index (χ4v) is 3.91. The summed E-state index contributed by atoms with van der Waals surface area (Å²) in [6, 6.07) is 9.74. The van der Waals surface area contributed by atoms with E-state index in [9.17, 15) is 4.79 Å². The molecule has 0 saturated carbocycles. The Morgan fingerprint density at radius 2 is 2.07 bits per heavy atom. The van der Waals surface area contributed by atoms with Gasteiger partial charge in [0.25, 0.3) is 5.56 Å². The summed E-state index contributed by atoms with van der Waals surface area (Å²) in [7, 11) is 0. The number of likely N-dealkylation sites (tertiary alicyclic amines) is 1. The number of aromatic nitrogens is 6. The summed E-state index contributed by atoms with van der Waals surface area (Å²) in [6.45, 7) is 5.45. The number of nitrogens with one attached hydrogen (secondary N) is 1. The molecule has 0 radical (unpaired) electrons. The minimum absolute atomic E-state index is 0.0567. The van der Waals surface area contributed by atoms with Crippen LogP contribution in [-0.2, 0) is 6.54 Å². The molecule has 4 aromatic rings. The van der Waals surface area contributed by atoms with Gasteiger partial charge < -0.3 is 9.51 Å². The number of fused-ring (bicyclic) bond motifs is 1. The molecular weight excluding hydrogens is 382 g/mol. The predicted molar refractivity (Wildman–Crippen MR) is 110 cm³/mol. The van der Waals surface area contributed by atoms with Crippen molar-refractivity contribution in [2.75, 3.05) is 6.54 Å². The number of aromatic amines is 1. The van der Waals surface area contributed by atoms with Crippen molar-refractivity contribution in [2.45, 2.75) is 45.2 Å². The normalized spacial score (nSPS) is 17.4. The Morgan fingerprint density at radius 1 is 1.23 bits per heavy atom. The molecule has 0 aliphatic carbocycles. The van der Waals surface area contributed by atoms with Crippen LogP contribution in [0.2, 0.25) is 0 Å². The molecule has 1 aliphatic rings. The number of rotatable bonds is 5. The quantitative estimate of drug-likeness (QED) is 0.544. The molecule has 1 saturated heterocycles. The van der Waals surface area contributed by atoms with Crippen molar-refractivity contribution in [3.05, 3.63) is 64.4 Å². The van der Waals surface area contributed by atoms with E-state index < -0.39 is 0 Å². The summed E-state index contributed by atoms with van der Waals surface area (Å²) in [5, 5.41) is 9.03. The largest absolute Gasteiger partial charge is 0.339 e. The topological polar surface area (TPSA) is 106 Å². The average Bonchev–Trinajstić information content (AvgIpc) is 3.48. The number of H-pyrrole nitrogens is 1. The van der Waals surface area contributed by atoms with Gasteiger partial charge in [0, 0.05) is 5.92 Å². The molecule has 1 aliphatic heterocycles. The Balaban J connectivity index is 1.46. The van der Waals surface area contributed by atoms with E-state index in [0.717, 1.165) is 25.1 Å². The van der Waals surface area contributed by atoms with E-state index in [0.29, 0.717) is 35.1 Å². The predicted octanol–water partition coefficient (Wildman–Crippen LogP) is 2.95. The van der Waals surface area contributed by atoms with Crippen LogP contribution in [0.15, 0.2) is 45.8 Å². The van der Waals surface area contributed by atoms with Gasteiger partial charge in [0.1, 0.15) is 11.2 Å². The van der Waals surface area contributed by atoms with Crippen LogP contribution < -0.4 is 5.56 Å². The third kappa shape index (κ3) is 3.30. The van der Waals surface area contributed by atoms with Gasteiger partial charge in [0.2, 0.25) is 5.89 Å². The van der Waals surface area contributed by atoms with E-state index in [-0.39, 0.29) is 17.5 Å². The Morgan fingerprint density at radius 3 is 2.83 bits per heavy atom. The minimum Gasteiger partial charge on any atom is -0.339 e. The van der Waals surface area contributed by atoms with Gasteiger partial charge in [0.15, 0.2) is 11.5 Å². The first-order chi connectivity index (χ1) is 14.6. The van der Waals surface area contributed by atoms with Gasteiger partial charge in [-0.05, 0) is 31.5 Å². The Kier molecular flexibility index (Phi) is 4.66. The molecule has 0 amide bonds. The lowest BCUT2D eigenvalue weighted by molar-refractivity contribution is 0.228. The standard InChI is InChI=1S/C21H23N7O2/c1-13(2)21-25-18(26-30-21)16-9-6-10-27(16)12-17-23-19-15(20(29)24-17)11-22-28(19)14-7-4-3-5-8-14/h3-5,7-8,11,13,16H,6,9-10,12H2,1-2H3,(H,23,24,29). The van der Waals surface area contributed by atoms with Crippen LogP contribution in [0.5, 0.6) is 0 Å². The first kappa shape index (κ1) is 18.7. The van der Waals surface area contributed by atoms with Crippen LogP contribution in [0.3, 0.4) is 0 Å². The van der Waals surface area contributed by atoms with Crippen LogP contribution in [0.4, 0.5) is 0 Å². The van der Waals surface area contributed by atoms with E-state index in [2.05, 4.69) is 25.1 Å². The van der Waals surface area contributed by atoms with Gasteiger partial charge in [0.05, 0.1) is 24.5 Å². The molecule has 1 fully saturated rings. The zero-order chi connectivity index (χ0) is 20.7. The molecule has 1 N–H and O–H groups in total. The molecule has 9 heteroatoms. The summed E-state index contributed by atoms with van der Waals surface area (Å²) < 4.78 is 7.09. The summed E-state index contributed by atoms with van der Waals surface area (Å²) in [5.41, 5.74) is 1.23. The molecule has 3 aromatic heterocycles. The lowest BCUT2D eigenvalue weighted by Gasteiger charge is -2.21. The molecular formula is C21H23N7O2. The minimum atomic E-state index is -0.186. The second kappa shape index (κ2) is 7.49. The van der Waals surface area contributed by atoms with Crippen LogP contribution in [0.25, 0.3) is 16.7 Å². The smallest absolute Gasteiger partial charge is 0.262 e. The summed E-state index contributed by atoms with van der Waals surface area (Å²) >= 11 is 0. The van der Waals surface area contributed by atoms with E-state index >= 15 is 0 Å². The van der Waals surface area contributed by atoms with Gasteiger partial charge in [-0.1, -0.05) is 37.2 Å². The highest BCUT2D eigenvalue weighted by Crippen LogP contribution is 2.31. The van der Waals surface area contributed by atoms with Gasteiger partial charge in [-0.2, -0.15) is 10.1 Å². The van der Waals surface area contributed by atoms with Crippen molar-refractivity contribution < 1.29 is 4.52 Å². The van der Waals surface area contributed by atoms with Gasteiger partial charge >= 0.3 is 0 Å². The highest BCUT2D eigenvalue weighted by molar-refractivity contribution is 5.75. The monoisotopic (exact) mass is 405 g/mol. The molecule has 5 rings (SSSR count). The van der Waals surface area contributed by atoms with Crippen LogP contribution in [0, 0.1) is 0 Å². The number of hydrogen-bond acceptors (Lipinski definition) is 7. The Bertz CT molecular complexity index is 1230. The molecule has 0 spiro atoms. The maximum absolute atomic E-state index is 12.6. The lowest BCUT2D eigenvalue weighted by Crippen LogP contribution is -2.26. The molecule has 9 nitrogen and oxygen atoms in total. The molecule has 30 heavy (non-hydrogen) atoms. The van der Waals surface area contributed by atoms with Crippen molar-refractivity contribution in [1.29, 1.82) is 0 Å². The molecule has 1 unspecified atom stereocenters. The maximum Gasteiger partial charge on any atom is 0.262 e. The molecule has 0 bridgehead atoms. The Hall–Kier alpha value is -3.33. The SMILES string of the molecule is CC(C)c1nc(C2CCCN2Cc2nc3c(cnn3-c3ccccc3)c(=O)[nH]2)no1. The first-order valence-electron chi connectivity index (χ1n) is 10.2. The van der Waals surface area contributed by atoms with Crippen LogP contribution in [-0.4, -0.2) is 41.3 Å². The summed E-state index contributed by atoms with van der Waals surface area (Å²) in [4.78, 5) is 27.1. The van der Waals surface area contributed by atoms with Gasteiger partial charge in [-0.25, -0.2) is 9.67 Å². The number of nitrogens with zero attached hydrogens (tertiary/aromatic N) is 6. The van der Waals surface area contributed by atoms with E-state index in [1.54, 1.807) is 10.9 Å². The van der Waals surface area contributed by atoms with Crippen LogP contribution >= 0.6 is 0 Å². The zero-order valence-corrected chi connectivity index (χ0v) is 16.9. The van der Waals surface area contributed by atoms with Gasteiger partial charge in [-0.15, -0.1) is 0 Å². The second-order valence-electron chi connectivity index (χ2n) is 7.92. The highest BCUT2D eigenvalue weighted by Gasteiger charge is 2.31. The van der Waals surface area contributed by atoms with Crippen molar-refractivity contribution in [3.63, 3.8) is 0 Å². The number of para-hydroxylation sites is 1.